The van der Waals surface area contributed by atoms with Gasteiger partial charge in [0.05, 0.1) is 0 Å². The van der Waals surface area contributed by atoms with Gasteiger partial charge in [-0.05, 0) is 104 Å². The first-order valence-electron chi connectivity index (χ1n) is 17.6. The molecule has 52 heavy (non-hydrogen) atoms. The summed E-state index contributed by atoms with van der Waals surface area (Å²) in [5.41, 5.74) is 10.7. The largest absolute Gasteiger partial charge is 0.435 e. The van der Waals surface area contributed by atoms with Gasteiger partial charge in [-0.1, -0.05) is 140 Å². The summed E-state index contributed by atoms with van der Waals surface area (Å²) in [6.45, 7) is 0. The Morgan fingerprint density at radius 3 is 1.62 bits per heavy atom. The van der Waals surface area contributed by atoms with Crippen LogP contribution >= 0.6 is 0 Å². The fourth-order valence-electron chi connectivity index (χ4n) is 7.60. The standard InChI is InChI=1S/C49H32N2O/c1-4-12-33(13-5-1)41-18-10-21-44-42(19-11-20-43(41)44)34-24-28-39(29-25-34)51(38-16-8-3-9-17-38)40-30-26-35-22-23-36-27-31-46-48(47(36)45(35)32-40)52-49(50-46)37-14-6-2-7-15-37/h1-32H. The minimum atomic E-state index is 0.629. The third-order valence-electron chi connectivity index (χ3n) is 10.1. The number of anilines is 3. The number of nitrogens with zero attached hydrogens (tertiary/aromatic N) is 2. The minimum absolute atomic E-state index is 0.629. The number of hydrogen-bond acceptors (Lipinski definition) is 3. The highest BCUT2D eigenvalue weighted by Crippen LogP contribution is 2.41. The van der Waals surface area contributed by atoms with Gasteiger partial charge >= 0.3 is 0 Å². The number of aromatic nitrogens is 1. The monoisotopic (exact) mass is 664 g/mol. The summed E-state index contributed by atoms with van der Waals surface area (Å²) >= 11 is 0. The summed E-state index contributed by atoms with van der Waals surface area (Å²) in [6.07, 6.45) is 0. The lowest BCUT2D eigenvalue weighted by atomic mass is 9.93. The van der Waals surface area contributed by atoms with Gasteiger partial charge in [0.2, 0.25) is 5.89 Å². The zero-order valence-electron chi connectivity index (χ0n) is 28.3. The van der Waals surface area contributed by atoms with Gasteiger partial charge in [0.1, 0.15) is 5.52 Å². The van der Waals surface area contributed by atoms with Crippen molar-refractivity contribution in [3.05, 3.63) is 194 Å². The molecule has 9 aromatic carbocycles. The van der Waals surface area contributed by atoms with Crippen LogP contribution < -0.4 is 4.90 Å². The Morgan fingerprint density at radius 2 is 0.923 bits per heavy atom. The molecule has 1 heterocycles. The quantitative estimate of drug-likeness (QED) is 0.166. The molecule has 0 aliphatic carbocycles. The van der Waals surface area contributed by atoms with E-state index in [1.165, 1.54) is 33.0 Å². The summed E-state index contributed by atoms with van der Waals surface area (Å²) in [5.74, 6) is 0.629. The minimum Gasteiger partial charge on any atom is -0.435 e. The lowest BCUT2D eigenvalue weighted by Crippen LogP contribution is -2.09. The topological polar surface area (TPSA) is 29.3 Å². The van der Waals surface area contributed by atoms with E-state index in [2.05, 4.69) is 169 Å². The van der Waals surface area contributed by atoms with Crippen LogP contribution in [0.4, 0.5) is 17.1 Å². The van der Waals surface area contributed by atoms with E-state index in [0.717, 1.165) is 55.3 Å². The number of para-hydroxylation sites is 1. The smallest absolute Gasteiger partial charge is 0.227 e. The first kappa shape index (κ1) is 29.9. The van der Waals surface area contributed by atoms with Crippen molar-refractivity contribution < 1.29 is 4.42 Å². The molecular weight excluding hydrogens is 633 g/mol. The van der Waals surface area contributed by atoms with Gasteiger partial charge in [-0.3, -0.25) is 0 Å². The van der Waals surface area contributed by atoms with Crippen LogP contribution in [0.5, 0.6) is 0 Å². The number of oxazole rings is 1. The molecule has 0 amide bonds. The number of fused-ring (bicyclic) bond motifs is 6. The zero-order chi connectivity index (χ0) is 34.4. The van der Waals surface area contributed by atoms with Crippen molar-refractivity contribution in [3.63, 3.8) is 0 Å². The molecule has 0 bridgehead atoms. The van der Waals surface area contributed by atoms with Crippen LogP contribution in [0.15, 0.2) is 199 Å². The number of rotatable bonds is 6. The van der Waals surface area contributed by atoms with Crippen molar-refractivity contribution in [2.24, 2.45) is 0 Å². The van der Waals surface area contributed by atoms with Gasteiger partial charge in [-0.25, -0.2) is 4.98 Å². The van der Waals surface area contributed by atoms with Crippen LogP contribution in [0, 0.1) is 0 Å². The van der Waals surface area contributed by atoms with E-state index in [9.17, 15) is 0 Å². The highest BCUT2D eigenvalue weighted by atomic mass is 16.3. The van der Waals surface area contributed by atoms with Crippen molar-refractivity contribution in [3.8, 4) is 33.7 Å². The Bertz CT molecular complexity index is 2880. The third kappa shape index (κ3) is 5.10. The van der Waals surface area contributed by atoms with Crippen LogP contribution in [0.2, 0.25) is 0 Å². The fraction of sp³-hybridized carbons (Fsp3) is 0. The van der Waals surface area contributed by atoms with E-state index in [-0.39, 0.29) is 0 Å². The summed E-state index contributed by atoms with van der Waals surface area (Å²) in [6, 6.07) is 68.8. The van der Waals surface area contributed by atoms with Crippen LogP contribution in [-0.4, -0.2) is 4.98 Å². The maximum absolute atomic E-state index is 6.54. The van der Waals surface area contributed by atoms with Crippen molar-refractivity contribution in [2.45, 2.75) is 0 Å². The fourth-order valence-corrected chi connectivity index (χ4v) is 7.60. The van der Waals surface area contributed by atoms with E-state index in [4.69, 9.17) is 9.40 Å². The molecule has 0 saturated carbocycles. The van der Waals surface area contributed by atoms with Gasteiger partial charge < -0.3 is 9.32 Å². The molecule has 0 radical (unpaired) electrons. The second-order valence-electron chi connectivity index (χ2n) is 13.2. The number of hydrogen-bond donors (Lipinski definition) is 0. The molecular formula is C49H32N2O. The molecule has 0 saturated heterocycles. The Morgan fingerprint density at radius 1 is 0.385 bits per heavy atom. The van der Waals surface area contributed by atoms with Crippen LogP contribution in [0.1, 0.15) is 0 Å². The lowest BCUT2D eigenvalue weighted by Gasteiger charge is -2.26. The predicted molar refractivity (Wildman–Crippen MR) is 218 cm³/mol. The summed E-state index contributed by atoms with van der Waals surface area (Å²) < 4.78 is 6.54. The SMILES string of the molecule is c1ccc(-c2nc3ccc4ccc5ccc(N(c6ccccc6)c6ccc(-c7cccc8c(-c9ccccc9)cccc78)cc6)cc5c4c3o2)cc1. The van der Waals surface area contributed by atoms with Gasteiger partial charge in [-0.15, -0.1) is 0 Å². The third-order valence-corrected chi connectivity index (χ3v) is 10.1. The summed E-state index contributed by atoms with van der Waals surface area (Å²) in [7, 11) is 0. The Kier molecular flexibility index (Phi) is 7.14. The van der Waals surface area contributed by atoms with E-state index < -0.39 is 0 Å². The molecule has 0 aliphatic heterocycles. The highest BCUT2D eigenvalue weighted by molar-refractivity contribution is 6.18. The van der Waals surface area contributed by atoms with E-state index in [0.29, 0.717) is 5.89 Å². The molecule has 10 aromatic rings. The first-order valence-corrected chi connectivity index (χ1v) is 17.6. The molecule has 0 unspecified atom stereocenters. The van der Waals surface area contributed by atoms with Crippen molar-refractivity contribution in [2.75, 3.05) is 4.90 Å². The van der Waals surface area contributed by atoms with Crippen molar-refractivity contribution in [1.29, 1.82) is 0 Å². The van der Waals surface area contributed by atoms with E-state index >= 15 is 0 Å². The van der Waals surface area contributed by atoms with Gasteiger partial charge in [-0.2, -0.15) is 0 Å². The van der Waals surface area contributed by atoms with Crippen molar-refractivity contribution in [1.82, 2.24) is 4.98 Å². The lowest BCUT2D eigenvalue weighted by molar-refractivity contribution is 0.623. The van der Waals surface area contributed by atoms with Gasteiger partial charge in [0.15, 0.2) is 5.58 Å². The Balaban J connectivity index is 1.10. The second kappa shape index (κ2) is 12.4. The Labute approximate surface area is 301 Å². The molecule has 3 heteroatoms. The molecule has 0 atom stereocenters. The molecule has 1 aromatic heterocycles. The highest BCUT2D eigenvalue weighted by Gasteiger charge is 2.17. The first-order chi connectivity index (χ1) is 25.8. The average Bonchev–Trinajstić information content (AvgIpc) is 3.67. The number of benzene rings is 9. The molecule has 0 N–H and O–H groups in total. The second-order valence-corrected chi connectivity index (χ2v) is 13.2. The summed E-state index contributed by atoms with van der Waals surface area (Å²) in [5, 5.41) is 6.96. The molecule has 3 nitrogen and oxygen atoms in total. The van der Waals surface area contributed by atoms with E-state index in [1.54, 1.807) is 0 Å². The maximum atomic E-state index is 6.54. The molecule has 0 aliphatic rings. The van der Waals surface area contributed by atoms with Gasteiger partial charge in [0, 0.05) is 28.0 Å². The van der Waals surface area contributed by atoms with Gasteiger partial charge in [0.25, 0.3) is 0 Å². The normalized spacial score (nSPS) is 11.5. The zero-order valence-corrected chi connectivity index (χ0v) is 28.3. The molecule has 10 rings (SSSR count). The van der Waals surface area contributed by atoms with Crippen LogP contribution in [0.3, 0.4) is 0 Å². The maximum Gasteiger partial charge on any atom is 0.227 e. The average molecular weight is 665 g/mol. The van der Waals surface area contributed by atoms with Crippen molar-refractivity contribution >= 4 is 60.5 Å². The van der Waals surface area contributed by atoms with E-state index in [1.807, 2.05) is 30.3 Å². The molecule has 244 valence electrons. The molecule has 0 spiro atoms. The molecule has 0 fully saturated rings. The van der Waals surface area contributed by atoms with Crippen LogP contribution in [0.25, 0.3) is 77.1 Å². The summed E-state index contributed by atoms with van der Waals surface area (Å²) in [4.78, 5) is 7.22. The Hall–Kier alpha value is -6.97. The predicted octanol–water partition coefficient (Wildman–Crippen LogP) is 13.8. The van der Waals surface area contributed by atoms with Crippen LogP contribution in [-0.2, 0) is 0 Å².